The molecular weight excluding hydrogens is 340 g/mol. The van der Waals surface area contributed by atoms with Crippen molar-refractivity contribution < 1.29 is 9.59 Å². The first-order chi connectivity index (χ1) is 10.5. The highest BCUT2D eigenvalue weighted by atomic mass is 35.5. The minimum absolute atomic E-state index is 0.0335. The van der Waals surface area contributed by atoms with Gasteiger partial charge in [-0.1, -0.05) is 22.9 Å². The van der Waals surface area contributed by atoms with E-state index < -0.39 is 0 Å². The summed E-state index contributed by atoms with van der Waals surface area (Å²) in [5.41, 5.74) is 0.656. The van der Waals surface area contributed by atoms with Gasteiger partial charge < -0.3 is 5.32 Å². The third kappa shape index (κ3) is 4.83. The summed E-state index contributed by atoms with van der Waals surface area (Å²) in [7, 11) is 0. The molecule has 0 aliphatic rings. The smallest absolute Gasteiger partial charge is 0.226 e. The van der Waals surface area contributed by atoms with Crippen molar-refractivity contribution in [3.8, 4) is 0 Å². The number of thiazole rings is 1. The Morgan fingerprint density at radius 2 is 2.00 bits per heavy atom. The molecule has 1 aromatic heterocycles. The summed E-state index contributed by atoms with van der Waals surface area (Å²) < 4.78 is 0. The van der Waals surface area contributed by atoms with E-state index in [9.17, 15) is 9.59 Å². The standard InChI is InChI=1S/C15H15ClN2O2S2/c1-9-14(10(2)19)22-15(17-9)18-13(20)7-8-21-12-5-3-11(16)4-6-12/h3-6H,7-8H2,1-2H3,(H,17,18,20). The first kappa shape index (κ1) is 17.0. The van der Waals surface area contributed by atoms with Crippen molar-refractivity contribution in [1.29, 1.82) is 0 Å². The van der Waals surface area contributed by atoms with E-state index in [0.717, 1.165) is 4.90 Å². The molecule has 0 aliphatic heterocycles. The van der Waals surface area contributed by atoms with Gasteiger partial charge >= 0.3 is 0 Å². The molecule has 1 N–H and O–H groups in total. The van der Waals surface area contributed by atoms with Crippen LogP contribution in [-0.2, 0) is 4.79 Å². The molecule has 22 heavy (non-hydrogen) atoms. The topological polar surface area (TPSA) is 59.1 Å². The first-order valence-electron chi connectivity index (χ1n) is 6.62. The maximum Gasteiger partial charge on any atom is 0.226 e. The Bertz CT molecular complexity index is 683. The van der Waals surface area contributed by atoms with Gasteiger partial charge in [-0.2, -0.15) is 0 Å². The summed E-state index contributed by atoms with van der Waals surface area (Å²) >= 11 is 8.62. The summed E-state index contributed by atoms with van der Waals surface area (Å²) in [5, 5.41) is 3.91. The molecule has 1 amide bonds. The summed E-state index contributed by atoms with van der Waals surface area (Å²) in [6, 6.07) is 7.50. The van der Waals surface area contributed by atoms with Crippen LogP contribution in [0.15, 0.2) is 29.2 Å². The van der Waals surface area contributed by atoms with Gasteiger partial charge in [-0.05, 0) is 31.2 Å². The van der Waals surface area contributed by atoms with Crippen LogP contribution in [0, 0.1) is 6.92 Å². The zero-order valence-electron chi connectivity index (χ0n) is 12.2. The Morgan fingerprint density at radius 1 is 1.32 bits per heavy atom. The van der Waals surface area contributed by atoms with Gasteiger partial charge in [0.1, 0.15) is 0 Å². The second-order valence-corrected chi connectivity index (χ2v) is 7.19. The second-order valence-electron chi connectivity index (χ2n) is 4.59. The van der Waals surface area contributed by atoms with Crippen LogP contribution in [0.25, 0.3) is 0 Å². The van der Waals surface area contributed by atoms with Gasteiger partial charge in [0.25, 0.3) is 0 Å². The van der Waals surface area contributed by atoms with Gasteiger partial charge in [-0.3, -0.25) is 9.59 Å². The van der Waals surface area contributed by atoms with E-state index in [1.165, 1.54) is 18.3 Å². The molecule has 0 bridgehead atoms. The number of aromatic nitrogens is 1. The monoisotopic (exact) mass is 354 g/mol. The average molecular weight is 355 g/mol. The number of Topliss-reactive ketones (excluding diaryl/α,β-unsaturated/α-hetero) is 1. The summed E-state index contributed by atoms with van der Waals surface area (Å²) in [6.07, 6.45) is 0.376. The third-order valence-electron chi connectivity index (χ3n) is 2.77. The van der Waals surface area contributed by atoms with Gasteiger partial charge in [0.05, 0.1) is 10.6 Å². The molecule has 1 heterocycles. The molecule has 2 aromatic rings. The van der Waals surface area contributed by atoms with Gasteiger partial charge in [0.2, 0.25) is 5.91 Å². The van der Waals surface area contributed by atoms with E-state index in [-0.39, 0.29) is 11.7 Å². The van der Waals surface area contributed by atoms with Crippen LogP contribution in [0.3, 0.4) is 0 Å². The number of benzene rings is 1. The SMILES string of the molecule is CC(=O)c1sc(NC(=O)CCSc2ccc(Cl)cc2)nc1C. The number of hydrogen-bond donors (Lipinski definition) is 1. The normalized spacial score (nSPS) is 10.5. The van der Waals surface area contributed by atoms with Crippen molar-refractivity contribution in [3.63, 3.8) is 0 Å². The van der Waals surface area contributed by atoms with E-state index in [1.807, 2.05) is 24.3 Å². The minimum atomic E-state index is -0.106. The van der Waals surface area contributed by atoms with E-state index in [0.29, 0.717) is 32.9 Å². The van der Waals surface area contributed by atoms with Crippen molar-refractivity contribution in [2.45, 2.75) is 25.2 Å². The van der Waals surface area contributed by atoms with Gasteiger partial charge in [-0.15, -0.1) is 11.8 Å². The quantitative estimate of drug-likeness (QED) is 0.615. The Kier molecular flexibility index (Phi) is 5.99. The lowest BCUT2D eigenvalue weighted by Gasteiger charge is -2.02. The lowest BCUT2D eigenvalue weighted by Crippen LogP contribution is -2.11. The van der Waals surface area contributed by atoms with E-state index in [1.54, 1.807) is 18.7 Å². The molecule has 0 saturated carbocycles. The number of aryl methyl sites for hydroxylation is 1. The fourth-order valence-electron chi connectivity index (χ4n) is 1.75. The van der Waals surface area contributed by atoms with Crippen molar-refractivity contribution in [2.75, 3.05) is 11.1 Å². The number of hydrogen-bond acceptors (Lipinski definition) is 5. The lowest BCUT2D eigenvalue weighted by molar-refractivity contribution is -0.115. The van der Waals surface area contributed by atoms with Crippen LogP contribution in [0.1, 0.15) is 28.7 Å². The highest BCUT2D eigenvalue weighted by molar-refractivity contribution is 7.99. The van der Waals surface area contributed by atoms with Crippen LogP contribution in [0.2, 0.25) is 5.02 Å². The van der Waals surface area contributed by atoms with Crippen molar-refractivity contribution >= 4 is 51.5 Å². The molecule has 4 nitrogen and oxygen atoms in total. The van der Waals surface area contributed by atoms with E-state index in [4.69, 9.17) is 11.6 Å². The fourth-order valence-corrected chi connectivity index (χ4v) is 3.61. The van der Waals surface area contributed by atoms with Crippen LogP contribution in [-0.4, -0.2) is 22.4 Å². The van der Waals surface area contributed by atoms with Crippen molar-refractivity contribution in [3.05, 3.63) is 39.9 Å². The Labute approximate surface area is 142 Å². The van der Waals surface area contributed by atoms with Crippen LogP contribution >= 0.6 is 34.7 Å². The Morgan fingerprint density at radius 3 is 2.59 bits per heavy atom. The number of ketones is 1. The lowest BCUT2D eigenvalue weighted by atomic mass is 10.3. The predicted octanol–water partition coefficient (Wildman–Crippen LogP) is 4.43. The van der Waals surface area contributed by atoms with Crippen LogP contribution < -0.4 is 5.32 Å². The number of halogens is 1. The molecule has 116 valence electrons. The number of nitrogens with one attached hydrogen (secondary N) is 1. The Hall–Kier alpha value is -1.37. The highest BCUT2D eigenvalue weighted by Gasteiger charge is 2.13. The number of rotatable bonds is 6. The molecule has 2 rings (SSSR count). The summed E-state index contributed by atoms with van der Waals surface area (Å²) in [5.74, 6) is 0.524. The number of carbonyl (C=O) groups excluding carboxylic acids is 2. The van der Waals surface area contributed by atoms with E-state index in [2.05, 4.69) is 10.3 Å². The highest BCUT2D eigenvalue weighted by Crippen LogP contribution is 2.24. The molecule has 0 saturated heterocycles. The molecule has 0 radical (unpaired) electrons. The Balaban J connectivity index is 1.81. The zero-order valence-corrected chi connectivity index (χ0v) is 14.6. The molecule has 0 unspecified atom stereocenters. The first-order valence-corrected chi connectivity index (χ1v) is 8.80. The second kappa shape index (κ2) is 7.76. The molecule has 0 spiro atoms. The maximum atomic E-state index is 11.9. The summed E-state index contributed by atoms with van der Waals surface area (Å²) in [6.45, 7) is 3.26. The third-order valence-corrected chi connectivity index (χ3v) is 5.21. The van der Waals surface area contributed by atoms with Gasteiger partial charge in [0.15, 0.2) is 10.9 Å². The molecule has 0 atom stereocenters. The number of nitrogens with zero attached hydrogens (tertiary/aromatic N) is 1. The van der Waals surface area contributed by atoms with Gasteiger partial charge in [0, 0.05) is 29.0 Å². The number of carbonyl (C=O) groups is 2. The van der Waals surface area contributed by atoms with Crippen LogP contribution in [0.4, 0.5) is 5.13 Å². The number of thioether (sulfide) groups is 1. The maximum absolute atomic E-state index is 11.9. The largest absolute Gasteiger partial charge is 0.302 e. The van der Waals surface area contributed by atoms with E-state index >= 15 is 0 Å². The number of anilines is 1. The van der Waals surface area contributed by atoms with Crippen LogP contribution in [0.5, 0.6) is 0 Å². The summed E-state index contributed by atoms with van der Waals surface area (Å²) in [4.78, 5) is 29.1. The average Bonchev–Trinajstić information content (AvgIpc) is 2.82. The van der Waals surface area contributed by atoms with Crippen molar-refractivity contribution in [1.82, 2.24) is 4.98 Å². The molecule has 0 fully saturated rings. The minimum Gasteiger partial charge on any atom is -0.302 e. The molecular formula is C15H15ClN2O2S2. The zero-order chi connectivity index (χ0) is 16.1. The molecule has 1 aromatic carbocycles. The van der Waals surface area contributed by atoms with Crippen molar-refractivity contribution in [2.24, 2.45) is 0 Å². The molecule has 7 heteroatoms. The number of amides is 1. The predicted molar refractivity (Wildman–Crippen MR) is 92.3 cm³/mol. The van der Waals surface area contributed by atoms with Gasteiger partial charge in [-0.25, -0.2) is 4.98 Å². The molecule has 0 aliphatic carbocycles. The fraction of sp³-hybridized carbons (Fsp3) is 0.267.